The van der Waals surface area contributed by atoms with E-state index >= 15 is 0 Å². The molecule has 0 saturated carbocycles. The van der Waals surface area contributed by atoms with Gasteiger partial charge in [-0.1, -0.05) is 66.4 Å². The van der Waals surface area contributed by atoms with Crippen molar-refractivity contribution in [1.82, 2.24) is 0 Å². The van der Waals surface area contributed by atoms with Gasteiger partial charge in [0.05, 0.1) is 0 Å². The minimum atomic E-state index is 0.658. The average Bonchev–Trinajstić information content (AvgIpc) is 2.19. The van der Waals surface area contributed by atoms with Gasteiger partial charge in [-0.25, -0.2) is 0 Å². The average molecular weight is 232 g/mol. The highest BCUT2D eigenvalue weighted by atomic mass is 14.3. The van der Waals surface area contributed by atoms with E-state index < -0.39 is 0 Å². The van der Waals surface area contributed by atoms with Gasteiger partial charge in [-0.3, -0.25) is 0 Å². The van der Waals surface area contributed by atoms with Crippen LogP contribution < -0.4 is 0 Å². The Bertz CT molecular complexity index is 307. The Morgan fingerprint density at radius 1 is 0.882 bits per heavy atom. The SMILES string of the molecule is CC(C)BC1C=C(C(C)C)C(C(C)C)=CC1C. The van der Waals surface area contributed by atoms with Gasteiger partial charge in [0.1, 0.15) is 7.28 Å². The zero-order valence-electron chi connectivity index (χ0n) is 12.7. The Hall–Kier alpha value is -0.455. The molecule has 0 aromatic heterocycles. The molecule has 0 aromatic rings. The van der Waals surface area contributed by atoms with E-state index in [9.17, 15) is 0 Å². The van der Waals surface area contributed by atoms with Gasteiger partial charge in [0.2, 0.25) is 0 Å². The predicted octanol–water partition coefficient (Wildman–Crippen LogP) is 4.85. The van der Waals surface area contributed by atoms with E-state index in [1.807, 2.05) is 0 Å². The molecule has 17 heavy (non-hydrogen) atoms. The molecule has 2 unspecified atom stereocenters. The molecule has 0 N–H and O–H groups in total. The third kappa shape index (κ3) is 3.76. The van der Waals surface area contributed by atoms with Crippen LogP contribution in [0.3, 0.4) is 0 Å². The normalized spacial score (nSPS) is 25.3. The Morgan fingerprint density at radius 2 is 1.35 bits per heavy atom. The number of allylic oxidation sites excluding steroid dienone is 4. The number of rotatable bonds is 4. The molecule has 0 spiro atoms. The fraction of sp³-hybridized carbons (Fsp3) is 0.750. The molecule has 0 bridgehead atoms. The van der Waals surface area contributed by atoms with Gasteiger partial charge >= 0.3 is 0 Å². The van der Waals surface area contributed by atoms with Crippen molar-refractivity contribution >= 4 is 7.28 Å². The van der Waals surface area contributed by atoms with E-state index in [4.69, 9.17) is 0 Å². The van der Waals surface area contributed by atoms with Crippen molar-refractivity contribution in [1.29, 1.82) is 0 Å². The molecule has 2 atom stereocenters. The van der Waals surface area contributed by atoms with Crippen LogP contribution in [0.5, 0.6) is 0 Å². The highest BCUT2D eigenvalue weighted by Crippen LogP contribution is 2.38. The van der Waals surface area contributed by atoms with Crippen LogP contribution in [0.2, 0.25) is 11.6 Å². The Labute approximate surface area is 109 Å². The van der Waals surface area contributed by atoms with Crippen LogP contribution in [-0.4, -0.2) is 7.28 Å². The third-order valence-corrected chi connectivity index (χ3v) is 3.83. The molecular formula is C16H29B. The summed E-state index contributed by atoms with van der Waals surface area (Å²) in [6, 6.07) is 0. The van der Waals surface area contributed by atoms with Crippen LogP contribution in [-0.2, 0) is 0 Å². The second kappa shape index (κ2) is 5.93. The molecule has 0 heterocycles. The maximum atomic E-state index is 2.57. The molecular weight excluding hydrogens is 203 g/mol. The monoisotopic (exact) mass is 232 g/mol. The summed E-state index contributed by atoms with van der Waals surface area (Å²) >= 11 is 0. The first-order chi connectivity index (χ1) is 7.82. The number of hydrogen-bond donors (Lipinski definition) is 0. The molecule has 0 radical (unpaired) electrons. The molecule has 0 nitrogen and oxygen atoms in total. The molecule has 0 fully saturated rings. The third-order valence-electron chi connectivity index (χ3n) is 3.83. The second-order valence-corrected chi connectivity index (χ2v) is 6.71. The lowest BCUT2D eigenvalue weighted by Gasteiger charge is -2.31. The quantitative estimate of drug-likeness (QED) is 0.607. The van der Waals surface area contributed by atoms with Crippen LogP contribution in [0.15, 0.2) is 23.3 Å². The van der Waals surface area contributed by atoms with Crippen molar-refractivity contribution < 1.29 is 0 Å². The Morgan fingerprint density at radius 3 is 1.76 bits per heavy atom. The minimum absolute atomic E-state index is 0.658. The van der Waals surface area contributed by atoms with E-state index in [1.54, 1.807) is 11.1 Å². The molecule has 0 aliphatic heterocycles. The van der Waals surface area contributed by atoms with Crippen molar-refractivity contribution in [3.63, 3.8) is 0 Å². The molecule has 0 aromatic carbocycles. The summed E-state index contributed by atoms with van der Waals surface area (Å²) in [4.78, 5) is 0. The zero-order valence-corrected chi connectivity index (χ0v) is 12.7. The standard InChI is InChI=1S/C16H29B/c1-10(2)14-8-13(7)16(17-12(5)6)9-15(14)11(3)4/h8-13,16-17H,1-7H3. The first-order valence-electron chi connectivity index (χ1n) is 7.26. The highest BCUT2D eigenvalue weighted by Gasteiger charge is 2.25. The van der Waals surface area contributed by atoms with Gasteiger partial charge in [0, 0.05) is 0 Å². The summed E-state index contributed by atoms with van der Waals surface area (Å²) < 4.78 is 0. The van der Waals surface area contributed by atoms with Gasteiger partial charge in [-0.15, -0.1) is 0 Å². The summed E-state index contributed by atoms with van der Waals surface area (Å²) in [6.45, 7) is 16.3. The maximum Gasteiger partial charge on any atom is 0.132 e. The lowest BCUT2D eigenvalue weighted by Crippen LogP contribution is -2.19. The zero-order chi connectivity index (χ0) is 13.2. The second-order valence-electron chi connectivity index (χ2n) is 6.71. The van der Waals surface area contributed by atoms with Crippen molar-refractivity contribution in [3.05, 3.63) is 23.3 Å². The largest absolute Gasteiger partial charge is 0.132 e. The van der Waals surface area contributed by atoms with Crippen molar-refractivity contribution in [2.24, 2.45) is 17.8 Å². The van der Waals surface area contributed by atoms with Crippen molar-refractivity contribution in [3.8, 4) is 0 Å². The van der Waals surface area contributed by atoms with Crippen LogP contribution >= 0.6 is 0 Å². The lowest BCUT2D eigenvalue weighted by atomic mass is 9.50. The summed E-state index contributed by atoms with van der Waals surface area (Å²) in [5.74, 6) is 3.56. The minimum Gasteiger partial charge on any atom is -0.0847 e. The first kappa shape index (κ1) is 14.6. The van der Waals surface area contributed by atoms with Crippen molar-refractivity contribution in [2.45, 2.75) is 60.1 Å². The van der Waals surface area contributed by atoms with Gasteiger partial charge in [-0.05, 0) is 34.7 Å². The predicted molar refractivity (Wildman–Crippen MR) is 81.0 cm³/mol. The molecule has 1 aliphatic rings. The summed E-state index contributed by atoms with van der Waals surface area (Å²) in [7, 11) is 1.32. The summed E-state index contributed by atoms with van der Waals surface area (Å²) in [6.07, 6.45) is 5.11. The van der Waals surface area contributed by atoms with Crippen LogP contribution in [0.4, 0.5) is 0 Å². The van der Waals surface area contributed by atoms with E-state index in [2.05, 4.69) is 60.6 Å². The fourth-order valence-corrected chi connectivity index (χ4v) is 2.86. The van der Waals surface area contributed by atoms with Gasteiger partial charge in [-0.2, -0.15) is 0 Å². The van der Waals surface area contributed by atoms with Crippen LogP contribution in [0.1, 0.15) is 48.5 Å². The Balaban J connectivity index is 2.97. The maximum absolute atomic E-state index is 2.57. The molecule has 1 heteroatoms. The molecule has 0 saturated heterocycles. The topological polar surface area (TPSA) is 0 Å². The van der Waals surface area contributed by atoms with Gasteiger partial charge in [0.25, 0.3) is 0 Å². The Kier molecular flexibility index (Phi) is 5.10. The van der Waals surface area contributed by atoms with Crippen LogP contribution in [0, 0.1) is 17.8 Å². The van der Waals surface area contributed by atoms with E-state index in [-0.39, 0.29) is 0 Å². The highest BCUT2D eigenvalue weighted by molar-refractivity contribution is 6.40. The first-order valence-corrected chi connectivity index (χ1v) is 7.26. The van der Waals surface area contributed by atoms with Gasteiger partial charge < -0.3 is 0 Å². The summed E-state index contributed by atoms with van der Waals surface area (Å²) in [5, 5.41) is 0. The smallest absolute Gasteiger partial charge is 0.0847 e. The van der Waals surface area contributed by atoms with E-state index in [1.165, 1.54) is 7.28 Å². The molecule has 96 valence electrons. The van der Waals surface area contributed by atoms with E-state index in [0.29, 0.717) is 17.8 Å². The van der Waals surface area contributed by atoms with Crippen molar-refractivity contribution in [2.75, 3.05) is 0 Å². The van der Waals surface area contributed by atoms with Crippen LogP contribution in [0.25, 0.3) is 0 Å². The lowest BCUT2D eigenvalue weighted by molar-refractivity contribution is 0.628. The number of hydrogen-bond acceptors (Lipinski definition) is 0. The summed E-state index contributed by atoms with van der Waals surface area (Å²) in [5.41, 5.74) is 3.19. The van der Waals surface area contributed by atoms with Gasteiger partial charge in [0.15, 0.2) is 0 Å². The van der Waals surface area contributed by atoms with E-state index in [0.717, 1.165) is 11.6 Å². The molecule has 0 amide bonds. The molecule has 1 aliphatic carbocycles. The fourth-order valence-electron chi connectivity index (χ4n) is 2.86. The molecule has 1 rings (SSSR count).